The molecule has 2 rings (SSSR count). The fraction of sp³-hybridized carbons (Fsp3) is 0.167. The Morgan fingerprint density at radius 3 is 2.69 bits per heavy atom. The SMILES string of the molecule is CC(Nc1ccc(N)nc1)c1ccccn1. The maximum Gasteiger partial charge on any atom is 0.123 e. The molecule has 0 saturated heterocycles. The molecule has 4 heteroatoms. The third-order valence-electron chi connectivity index (χ3n) is 2.30. The number of nitrogens with zero attached hydrogens (tertiary/aromatic N) is 2. The highest BCUT2D eigenvalue weighted by Crippen LogP contribution is 2.16. The number of hydrogen-bond acceptors (Lipinski definition) is 4. The highest BCUT2D eigenvalue weighted by Gasteiger charge is 2.05. The summed E-state index contributed by atoms with van der Waals surface area (Å²) in [4.78, 5) is 8.31. The second kappa shape index (κ2) is 4.61. The maximum absolute atomic E-state index is 5.52. The number of nitrogens with two attached hydrogens (primary N) is 1. The Labute approximate surface area is 94.5 Å². The first-order valence-electron chi connectivity index (χ1n) is 5.15. The number of nitrogen functional groups attached to an aromatic ring is 1. The third-order valence-corrected chi connectivity index (χ3v) is 2.30. The van der Waals surface area contributed by atoms with Crippen molar-refractivity contribution in [1.29, 1.82) is 0 Å². The van der Waals surface area contributed by atoms with Crippen LogP contribution in [0.2, 0.25) is 0 Å². The molecule has 2 aromatic heterocycles. The highest BCUT2D eigenvalue weighted by molar-refractivity contribution is 5.46. The van der Waals surface area contributed by atoms with Gasteiger partial charge in [0.25, 0.3) is 0 Å². The third kappa shape index (κ3) is 2.48. The molecule has 0 aliphatic rings. The van der Waals surface area contributed by atoms with E-state index in [1.807, 2.05) is 24.3 Å². The van der Waals surface area contributed by atoms with E-state index in [0.29, 0.717) is 5.82 Å². The first-order chi connectivity index (χ1) is 7.75. The van der Waals surface area contributed by atoms with Gasteiger partial charge >= 0.3 is 0 Å². The van der Waals surface area contributed by atoms with Gasteiger partial charge in [-0.2, -0.15) is 0 Å². The van der Waals surface area contributed by atoms with Crippen molar-refractivity contribution in [3.63, 3.8) is 0 Å². The Bertz CT molecular complexity index is 438. The summed E-state index contributed by atoms with van der Waals surface area (Å²) < 4.78 is 0. The van der Waals surface area contributed by atoms with Gasteiger partial charge in [-0.25, -0.2) is 4.98 Å². The lowest BCUT2D eigenvalue weighted by Crippen LogP contribution is -2.08. The largest absolute Gasteiger partial charge is 0.384 e. The van der Waals surface area contributed by atoms with Gasteiger partial charge < -0.3 is 11.1 Å². The lowest BCUT2D eigenvalue weighted by molar-refractivity contribution is 0.838. The van der Waals surface area contributed by atoms with E-state index in [1.54, 1.807) is 18.5 Å². The minimum Gasteiger partial charge on any atom is -0.384 e. The summed E-state index contributed by atoms with van der Waals surface area (Å²) in [6, 6.07) is 9.69. The van der Waals surface area contributed by atoms with E-state index >= 15 is 0 Å². The van der Waals surface area contributed by atoms with Gasteiger partial charge in [-0.05, 0) is 31.2 Å². The van der Waals surface area contributed by atoms with Crippen LogP contribution >= 0.6 is 0 Å². The molecule has 16 heavy (non-hydrogen) atoms. The Kier molecular flexibility index (Phi) is 3.00. The molecule has 0 saturated carbocycles. The Morgan fingerprint density at radius 2 is 2.06 bits per heavy atom. The molecule has 1 unspecified atom stereocenters. The fourth-order valence-electron chi connectivity index (χ4n) is 1.45. The molecule has 0 aromatic carbocycles. The zero-order chi connectivity index (χ0) is 11.4. The van der Waals surface area contributed by atoms with E-state index in [2.05, 4.69) is 22.2 Å². The molecular weight excluding hydrogens is 200 g/mol. The first kappa shape index (κ1) is 10.4. The summed E-state index contributed by atoms with van der Waals surface area (Å²) in [5, 5.41) is 3.30. The minimum absolute atomic E-state index is 0.145. The maximum atomic E-state index is 5.52. The van der Waals surface area contributed by atoms with Crippen LogP contribution in [-0.2, 0) is 0 Å². The van der Waals surface area contributed by atoms with Crippen LogP contribution in [-0.4, -0.2) is 9.97 Å². The van der Waals surface area contributed by atoms with Crippen molar-refractivity contribution >= 4 is 11.5 Å². The molecular formula is C12H14N4. The van der Waals surface area contributed by atoms with Gasteiger partial charge in [-0.3, -0.25) is 4.98 Å². The number of pyridine rings is 2. The molecule has 0 radical (unpaired) electrons. The number of nitrogens with one attached hydrogen (secondary N) is 1. The zero-order valence-corrected chi connectivity index (χ0v) is 9.09. The van der Waals surface area contributed by atoms with Crippen LogP contribution in [0.5, 0.6) is 0 Å². The summed E-state index contributed by atoms with van der Waals surface area (Å²) in [5.74, 6) is 0.524. The number of rotatable bonds is 3. The minimum atomic E-state index is 0.145. The summed E-state index contributed by atoms with van der Waals surface area (Å²) in [7, 11) is 0. The van der Waals surface area contributed by atoms with Crippen LogP contribution in [0.4, 0.5) is 11.5 Å². The van der Waals surface area contributed by atoms with Crippen molar-refractivity contribution in [1.82, 2.24) is 9.97 Å². The van der Waals surface area contributed by atoms with Crippen LogP contribution in [0.15, 0.2) is 42.7 Å². The lowest BCUT2D eigenvalue weighted by atomic mass is 10.2. The molecule has 0 bridgehead atoms. The molecule has 2 heterocycles. The molecule has 82 valence electrons. The number of hydrogen-bond donors (Lipinski definition) is 2. The van der Waals surface area contributed by atoms with Crippen molar-refractivity contribution in [2.75, 3.05) is 11.1 Å². The Balaban J connectivity index is 2.08. The van der Waals surface area contributed by atoms with Crippen LogP contribution in [0.1, 0.15) is 18.7 Å². The van der Waals surface area contributed by atoms with E-state index in [1.165, 1.54) is 0 Å². The molecule has 0 amide bonds. The average molecular weight is 214 g/mol. The van der Waals surface area contributed by atoms with E-state index < -0.39 is 0 Å². The van der Waals surface area contributed by atoms with Gasteiger partial charge in [0, 0.05) is 6.20 Å². The monoisotopic (exact) mass is 214 g/mol. The summed E-state index contributed by atoms with van der Waals surface area (Å²) in [5.41, 5.74) is 7.45. The molecule has 1 atom stereocenters. The highest BCUT2D eigenvalue weighted by atomic mass is 15.0. The van der Waals surface area contributed by atoms with Crippen LogP contribution in [0.25, 0.3) is 0 Å². The van der Waals surface area contributed by atoms with Crippen LogP contribution in [0, 0.1) is 0 Å². The van der Waals surface area contributed by atoms with Gasteiger partial charge in [0.15, 0.2) is 0 Å². The van der Waals surface area contributed by atoms with Gasteiger partial charge in [-0.15, -0.1) is 0 Å². The van der Waals surface area contributed by atoms with Gasteiger partial charge in [0.2, 0.25) is 0 Å². The summed E-state index contributed by atoms with van der Waals surface area (Å²) >= 11 is 0. The van der Waals surface area contributed by atoms with Gasteiger partial charge in [-0.1, -0.05) is 6.07 Å². The van der Waals surface area contributed by atoms with Crippen molar-refractivity contribution in [3.05, 3.63) is 48.4 Å². The predicted molar refractivity (Wildman–Crippen MR) is 64.9 cm³/mol. The zero-order valence-electron chi connectivity index (χ0n) is 9.09. The van der Waals surface area contributed by atoms with Gasteiger partial charge in [0.1, 0.15) is 5.82 Å². The normalized spacial score (nSPS) is 12.1. The second-order valence-electron chi connectivity index (χ2n) is 3.59. The van der Waals surface area contributed by atoms with E-state index in [4.69, 9.17) is 5.73 Å². The molecule has 3 N–H and O–H groups in total. The molecule has 0 aliphatic heterocycles. The van der Waals surface area contributed by atoms with Crippen molar-refractivity contribution in [2.24, 2.45) is 0 Å². The topological polar surface area (TPSA) is 63.8 Å². The molecule has 0 spiro atoms. The standard InChI is InChI=1S/C12H14N4/c1-9(11-4-2-3-7-14-11)16-10-5-6-12(13)15-8-10/h2-9,16H,1H3,(H2,13,15). The Hall–Kier alpha value is -2.10. The smallest absolute Gasteiger partial charge is 0.123 e. The predicted octanol–water partition coefficient (Wildman–Crippen LogP) is 2.23. The fourth-order valence-corrected chi connectivity index (χ4v) is 1.45. The van der Waals surface area contributed by atoms with Gasteiger partial charge in [0.05, 0.1) is 23.6 Å². The van der Waals surface area contributed by atoms with Crippen LogP contribution in [0.3, 0.4) is 0 Å². The molecule has 0 fully saturated rings. The Morgan fingerprint density at radius 1 is 1.19 bits per heavy atom. The van der Waals surface area contributed by atoms with Crippen molar-refractivity contribution < 1.29 is 0 Å². The van der Waals surface area contributed by atoms with E-state index in [-0.39, 0.29) is 6.04 Å². The molecule has 0 aliphatic carbocycles. The number of aromatic nitrogens is 2. The second-order valence-corrected chi connectivity index (χ2v) is 3.59. The number of anilines is 2. The first-order valence-corrected chi connectivity index (χ1v) is 5.15. The van der Waals surface area contributed by atoms with E-state index in [0.717, 1.165) is 11.4 Å². The summed E-state index contributed by atoms with van der Waals surface area (Å²) in [6.07, 6.45) is 3.50. The van der Waals surface area contributed by atoms with Crippen LogP contribution < -0.4 is 11.1 Å². The quantitative estimate of drug-likeness (QED) is 0.822. The lowest BCUT2D eigenvalue weighted by Gasteiger charge is -2.14. The average Bonchev–Trinajstić information content (AvgIpc) is 2.33. The van der Waals surface area contributed by atoms with Crippen molar-refractivity contribution in [2.45, 2.75) is 13.0 Å². The van der Waals surface area contributed by atoms with E-state index in [9.17, 15) is 0 Å². The van der Waals surface area contributed by atoms with Crippen molar-refractivity contribution in [3.8, 4) is 0 Å². The molecule has 2 aromatic rings. The summed E-state index contributed by atoms with van der Waals surface area (Å²) in [6.45, 7) is 2.05. The molecule has 4 nitrogen and oxygen atoms in total.